The van der Waals surface area contributed by atoms with Gasteiger partial charge in [-0.25, -0.2) is 0 Å². The highest BCUT2D eigenvalue weighted by Crippen LogP contribution is 2.25. The number of aldehydes is 1. The van der Waals surface area contributed by atoms with Gasteiger partial charge in [0.2, 0.25) is 0 Å². The largest absolute Gasteiger partial charge is 0.494 e. The average molecular weight is 339 g/mol. The van der Waals surface area contributed by atoms with E-state index in [9.17, 15) is 4.79 Å². The molecular formula is C20H25N3O2. The monoisotopic (exact) mass is 339 g/mol. The second-order valence-corrected chi connectivity index (χ2v) is 6.24. The molecule has 1 unspecified atom stereocenters. The number of nitrogens with one attached hydrogen (secondary N) is 2. The lowest BCUT2D eigenvalue weighted by Gasteiger charge is -2.23. The lowest BCUT2D eigenvalue weighted by Crippen LogP contribution is -2.30. The number of hydrogen-bond acceptors (Lipinski definition) is 5. The predicted octanol–water partition coefficient (Wildman–Crippen LogP) is 2.07. The van der Waals surface area contributed by atoms with Crippen LogP contribution in [0.15, 0.2) is 42.7 Å². The van der Waals surface area contributed by atoms with Crippen molar-refractivity contribution in [1.82, 2.24) is 15.6 Å². The van der Waals surface area contributed by atoms with Crippen LogP contribution in [0.4, 0.5) is 0 Å². The summed E-state index contributed by atoms with van der Waals surface area (Å²) < 4.78 is 5.85. The molecule has 1 aliphatic heterocycles. The Hall–Kier alpha value is -2.24. The zero-order chi connectivity index (χ0) is 17.3. The summed E-state index contributed by atoms with van der Waals surface area (Å²) in [6.45, 7) is 3.40. The SMILES string of the molecule is O=CC1NCCc2cc(OCCCNCCc3cccnc3)ccc21. The van der Waals surface area contributed by atoms with Gasteiger partial charge in [-0.15, -0.1) is 0 Å². The maximum atomic E-state index is 11.1. The van der Waals surface area contributed by atoms with Gasteiger partial charge in [0.05, 0.1) is 12.6 Å². The Balaban J connectivity index is 1.34. The van der Waals surface area contributed by atoms with E-state index in [1.807, 2.05) is 24.4 Å². The van der Waals surface area contributed by atoms with Crippen LogP contribution in [0.5, 0.6) is 5.75 Å². The molecule has 5 heteroatoms. The number of fused-ring (bicyclic) bond motifs is 1. The van der Waals surface area contributed by atoms with E-state index >= 15 is 0 Å². The highest BCUT2D eigenvalue weighted by Gasteiger charge is 2.19. The van der Waals surface area contributed by atoms with E-state index < -0.39 is 0 Å². The van der Waals surface area contributed by atoms with Crippen LogP contribution in [-0.2, 0) is 17.6 Å². The van der Waals surface area contributed by atoms with Gasteiger partial charge in [-0.2, -0.15) is 0 Å². The molecule has 1 atom stereocenters. The van der Waals surface area contributed by atoms with E-state index in [1.165, 1.54) is 11.1 Å². The zero-order valence-corrected chi connectivity index (χ0v) is 14.4. The van der Waals surface area contributed by atoms with Crippen LogP contribution in [0, 0.1) is 0 Å². The molecule has 0 aliphatic carbocycles. The number of ether oxygens (including phenoxy) is 1. The first-order chi connectivity index (χ1) is 12.4. The molecule has 1 aliphatic rings. The van der Waals surface area contributed by atoms with Gasteiger partial charge in [-0.1, -0.05) is 12.1 Å². The molecule has 5 nitrogen and oxygen atoms in total. The van der Waals surface area contributed by atoms with E-state index in [1.54, 1.807) is 6.20 Å². The molecular weight excluding hydrogens is 314 g/mol. The van der Waals surface area contributed by atoms with Crippen molar-refractivity contribution in [3.8, 4) is 5.75 Å². The third kappa shape index (κ3) is 5.11. The molecule has 25 heavy (non-hydrogen) atoms. The van der Waals surface area contributed by atoms with Gasteiger partial charge in [-0.05, 0) is 67.2 Å². The van der Waals surface area contributed by atoms with Crippen molar-refractivity contribution in [2.24, 2.45) is 0 Å². The van der Waals surface area contributed by atoms with Crippen molar-refractivity contribution >= 4 is 6.29 Å². The topological polar surface area (TPSA) is 63.2 Å². The number of pyridine rings is 1. The maximum Gasteiger partial charge on any atom is 0.141 e. The highest BCUT2D eigenvalue weighted by atomic mass is 16.5. The Kier molecular flexibility index (Phi) is 6.54. The molecule has 0 amide bonds. The number of carbonyl (C=O) groups excluding carboxylic acids is 1. The first kappa shape index (κ1) is 17.6. The Bertz CT molecular complexity index is 676. The lowest BCUT2D eigenvalue weighted by molar-refractivity contribution is -0.109. The normalized spacial score (nSPS) is 16.2. The summed E-state index contributed by atoms with van der Waals surface area (Å²) in [5.74, 6) is 0.889. The highest BCUT2D eigenvalue weighted by molar-refractivity contribution is 5.63. The summed E-state index contributed by atoms with van der Waals surface area (Å²) in [7, 11) is 0. The number of nitrogens with zero attached hydrogens (tertiary/aromatic N) is 1. The summed E-state index contributed by atoms with van der Waals surface area (Å²) >= 11 is 0. The van der Waals surface area contributed by atoms with E-state index in [2.05, 4.69) is 27.8 Å². The van der Waals surface area contributed by atoms with Gasteiger partial charge >= 0.3 is 0 Å². The van der Waals surface area contributed by atoms with Crippen molar-refractivity contribution in [3.63, 3.8) is 0 Å². The molecule has 0 fully saturated rings. The Morgan fingerprint density at radius 1 is 1.32 bits per heavy atom. The summed E-state index contributed by atoms with van der Waals surface area (Å²) in [6.07, 6.45) is 7.56. The molecule has 2 heterocycles. The standard InChI is InChI=1S/C20H25N3O2/c24-15-20-19-5-4-18(13-17(19)7-11-23-20)25-12-2-9-21-10-6-16-3-1-8-22-14-16/h1,3-5,8,13-15,20-21,23H,2,6-7,9-12H2. The molecule has 2 N–H and O–H groups in total. The first-order valence-electron chi connectivity index (χ1n) is 8.91. The summed E-state index contributed by atoms with van der Waals surface area (Å²) in [6, 6.07) is 9.91. The van der Waals surface area contributed by atoms with Gasteiger partial charge in [0.1, 0.15) is 12.0 Å². The zero-order valence-electron chi connectivity index (χ0n) is 14.4. The Morgan fingerprint density at radius 2 is 2.28 bits per heavy atom. The second-order valence-electron chi connectivity index (χ2n) is 6.24. The van der Waals surface area contributed by atoms with Crippen LogP contribution in [-0.4, -0.2) is 37.5 Å². The van der Waals surface area contributed by atoms with Crippen LogP contribution in [0.25, 0.3) is 0 Å². The van der Waals surface area contributed by atoms with Gasteiger partial charge in [-0.3, -0.25) is 4.98 Å². The molecule has 0 saturated heterocycles. The second kappa shape index (κ2) is 9.30. The van der Waals surface area contributed by atoms with Crippen molar-refractivity contribution in [2.45, 2.75) is 25.3 Å². The number of carbonyl (C=O) groups is 1. The molecule has 0 radical (unpaired) electrons. The lowest BCUT2D eigenvalue weighted by atomic mass is 9.95. The minimum absolute atomic E-state index is 0.179. The number of hydrogen-bond donors (Lipinski definition) is 2. The molecule has 0 saturated carbocycles. The van der Waals surface area contributed by atoms with Crippen LogP contribution in [0.3, 0.4) is 0 Å². The van der Waals surface area contributed by atoms with E-state index in [4.69, 9.17) is 4.74 Å². The van der Waals surface area contributed by atoms with Gasteiger partial charge < -0.3 is 20.2 Å². The maximum absolute atomic E-state index is 11.1. The first-order valence-corrected chi connectivity index (χ1v) is 8.91. The minimum atomic E-state index is -0.179. The van der Waals surface area contributed by atoms with Crippen molar-refractivity contribution < 1.29 is 9.53 Å². The van der Waals surface area contributed by atoms with E-state index in [-0.39, 0.29) is 6.04 Å². The van der Waals surface area contributed by atoms with Gasteiger partial charge in [0.25, 0.3) is 0 Å². The van der Waals surface area contributed by atoms with Crippen molar-refractivity contribution in [2.75, 3.05) is 26.2 Å². The molecule has 132 valence electrons. The quantitative estimate of drug-likeness (QED) is 0.541. The number of aromatic nitrogens is 1. The molecule has 1 aromatic heterocycles. The Morgan fingerprint density at radius 3 is 3.12 bits per heavy atom. The smallest absolute Gasteiger partial charge is 0.141 e. The fraction of sp³-hybridized carbons (Fsp3) is 0.400. The Labute approximate surface area is 148 Å². The van der Waals surface area contributed by atoms with Crippen molar-refractivity contribution in [1.29, 1.82) is 0 Å². The summed E-state index contributed by atoms with van der Waals surface area (Å²) in [5, 5.41) is 6.64. The molecule has 3 rings (SSSR count). The van der Waals surface area contributed by atoms with Crippen LogP contribution in [0.1, 0.15) is 29.2 Å². The van der Waals surface area contributed by atoms with Crippen LogP contribution in [0.2, 0.25) is 0 Å². The van der Waals surface area contributed by atoms with E-state index in [0.717, 1.165) is 56.5 Å². The minimum Gasteiger partial charge on any atom is -0.494 e. The van der Waals surface area contributed by atoms with Crippen LogP contribution < -0.4 is 15.4 Å². The van der Waals surface area contributed by atoms with Crippen molar-refractivity contribution in [3.05, 3.63) is 59.4 Å². The number of benzene rings is 1. The fourth-order valence-corrected chi connectivity index (χ4v) is 3.08. The average Bonchev–Trinajstić information content (AvgIpc) is 2.67. The van der Waals surface area contributed by atoms with Crippen LogP contribution >= 0.6 is 0 Å². The van der Waals surface area contributed by atoms with E-state index in [0.29, 0.717) is 6.61 Å². The third-order valence-corrected chi connectivity index (χ3v) is 4.42. The van der Waals surface area contributed by atoms with Gasteiger partial charge in [0.15, 0.2) is 0 Å². The molecule has 1 aromatic carbocycles. The fourth-order valence-electron chi connectivity index (χ4n) is 3.08. The molecule has 0 bridgehead atoms. The van der Waals surface area contributed by atoms with Gasteiger partial charge in [0, 0.05) is 18.9 Å². The molecule has 2 aromatic rings. The summed E-state index contributed by atoms with van der Waals surface area (Å²) in [5.41, 5.74) is 3.54. The summed E-state index contributed by atoms with van der Waals surface area (Å²) in [4.78, 5) is 15.2. The third-order valence-electron chi connectivity index (χ3n) is 4.42. The molecule has 0 spiro atoms. The number of rotatable bonds is 9. The predicted molar refractivity (Wildman–Crippen MR) is 97.9 cm³/mol.